The summed E-state index contributed by atoms with van der Waals surface area (Å²) in [5, 5.41) is 0.273. The van der Waals surface area contributed by atoms with Gasteiger partial charge in [-0.25, -0.2) is 4.98 Å². The van der Waals surface area contributed by atoms with E-state index in [1.165, 1.54) is 23.3 Å². The fourth-order valence-corrected chi connectivity index (χ4v) is 5.44. The standard InChI is InChI=1S/C18H20N2O3S2/c1-4-9-20-17(23)14-12-7-5-6-8-13(12)24-16(14)19-18(20)25-15(10(2)21)11(3)22/h4,15H,1,5-9H2,2-3H3. The van der Waals surface area contributed by atoms with Gasteiger partial charge >= 0.3 is 0 Å². The molecule has 0 aliphatic heterocycles. The number of ketones is 2. The maximum absolute atomic E-state index is 13.1. The minimum Gasteiger partial charge on any atom is -0.298 e. The number of thioether (sulfide) groups is 1. The SMILES string of the molecule is C=CCn1c(SC(C(C)=O)C(C)=O)nc2sc3c(c2c1=O)CCCC3. The number of rotatable bonds is 6. The monoisotopic (exact) mass is 376 g/mol. The first-order valence-electron chi connectivity index (χ1n) is 8.27. The highest BCUT2D eigenvalue weighted by Crippen LogP contribution is 2.35. The van der Waals surface area contributed by atoms with Gasteiger partial charge in [0.15, 0.2) is 16.7 Å². The van der Waals surface area contributed by atoms with Crippen molar-refractivity contribution < 1.29 is 9.59 Å². The van der Waals surface area contributed by atoms with E-state index in [-0.39, 0.29) is 17.1 Å². The zero-order valence-corrected chi connectivity index (χ0v) is 16.0. The van der Waals surface area contributed by atoms with Crippen molar-refractivity contribution in [2.45, 2.75) is 56.5 Å². The number of carbonyl (C=O) groups is 2. The van der Waals surface area contributed by atoms with E-state index in [4.69, 9.17) is 0 Å². The number of Topliss-reactive ketones (excluding diaryl/α,β-unsaturated/α-hetero) is 2. The van der Waals surface area contributed by atoms with E-state index in [9.17, 15) is 14.4 Å². The molecule has 3 rings (SSSR count). The molecule has 0 spiro atoms. The summed E-state index contributed by atoms with van der Waals surface area (Å²) in [5.41, 5.74) is 1.03. The minimum absolute atomic E-state index is 0.0994. The van der Waals surface area contributed by atoms with Crippen molar-refractivity contribution >= 4 is 44.9 Å². The lowest BCUT2D eigenvalue weighted by atomic mass is 9.97. The van der Waals surface area contributed by atoms with Crippen LogP contribution in [0.2, 0.25) is 0 Å². The summed E-state index contributed by atoms with van der Waals surface area (Å²) >= 11 is 2.62. The molecular formula is C18H20N2O3S2. The summed E-state index contributed by atoms with van der Waals surface area (Å²) in [6, 6.07) is 0. The Kier molecular flexibility index (Phi) is 5.24. The number of allylic oxidation sites excluding steroid dienone is 1. The molecule has 0 N–H and O–H groups in total. The molecule has 1 aliphatic rings. The summed E-state index contributed by atoms with van der Waals surface area (Å²) in [7, 11) is 0. The number of carbonyl (C=O) groups excluding carboxylic acids is 2. The Labute approximate surface area is 154 Å². The lowest BCUT2D eigenvalue weighted by Gasteiger charge is -2.14. The first kappa shape index (κ1) is 18.1. The fourth-order valence-electron chi connectivity index (χ4n) is 3.16. The average molecular weight is 377 g/mol. The molecule has 0 saturated heterocycles. The van der Waals surface area contributed by atoms with Gasteiger partial charge in [-0.3, -0.25) is 19.0 Å². The maximum atomic E-state index is 13.1. The van der Waals surface area contributed by atoms with Crippen molar-refractivity contribution in [3.05, 3.63) is 33.4 Å². The lowest BCUT2D eigenvalue weighted by Crippen LogP contribution is -2.27. The number of thiophene rings is 1. The Balaban J connectivity index is 2.19. The molecule has 0 unspecified atom stereocenters. The molecular weight excluding hydrogens is 356 g/mol. The number of nitrogens with zero attached hydrogens (tertiary/aromatic N) is 2. The molecule has 25 heavy (non-hydrogen) atoms. The molecule has 1 aliphatic carbocycles. The second-order valence-corrected chi connectivity index (χ2v) is 8.36. The van der Waals surface area contributed by atoms with Crippen LogP contribution < -0.4 is 5.56 Å². The van der Waals surface area contributed by atoms with Crippen LogP contribution in [0.4, 0.5) is 0 Å². The van der Waals surface area contributed by atoms with Gasteiger partial charge in [0.2, 0.25) is 0 Å². The molecule has 0 amide bonds. The van der Waals surface area contributed by atoms with Crippen LogP contribution in [0.15, 0.2) is 22.6 Å². The molecule has 0 saturated carbocycles. The quantitative estimate of drug-likeness (QED) is 0.335. The van der Waals surface area contributed by atoms with Crippen molar-refractivity contribution in [3.8, 4) is 0 Å². The van der Waals surface area contributed by atoms with E-state index in [1.807, 2.05) is 0 Å². The highest BCUT2D eigenvalue weighted by atomic mass is 32.2. The summed E-state index contributed by atoms with van der Waals surface area (Å²) in [5.74, 6) is -0.468. The lowest BCUT2D eigenvalue weighted by molar-refractivity contribution is -0.123. The molecule has 132 valence electrons. The van der Waals surface area contributed by atoms with Crippen LogP contribution in [0, 0.1) is 0 Å². The van der Waals surface area contributed by atoms with Gasteiger partial charge in [-0.1, -0.05) is 17.8 Å². The first-order chi connectivity index (χ1) is 11.9. The van der Waals surface area contributed by atoms with E-state index in [2.05, 4.69) is 11.6 Å². The largest absolute Gasteiger partial charge is 0.298 e. The smallest absolute Gasteiger partial charge is 0.263 e. The molecule has 2 aromatic heterocycles. The predicted octanol–water partition coefficient (Wildman–Crippen LogP) is 3.16. The van der Waals surface area contributed by atoms with Gasteiger partial charge in [-0.05, 0) is 45.1 Å². The second-order valence-electron chi connectivity index (χ2n) is 6.21. The molecule has 0 radical (unpaired) electrons. The van der Waals surface area contributed by atoms with Gasteiger partial charge in [-0.15, -0.1) is 17.9 Å². The van der Waals surface area contributed by atoms with Crippen LogP contribution in [0.5, 0.6) is 0 Å². The van der Waals surface area contributed by atoms with Crippen LogP contribution in [-0.2, 0) is 29.0 Å². The third-order valence-electron chi connectivity index (χ3n) is 4.31. The number of hydrogen-bond acceptors (Lipinski definition) is 6. The summed E-state index contributed by atoms with van der Waals surface area (Å²) in [6.07, 6.45) is 5.76. The molecule has 0 atom stereocenters. The van der Waals surface area contributed by atoms with Crippen LogP contribution >= 0.6 is 23.1 Å². The predicted molar refractivity (Wildman–Crippen MR) is 102 cm³/mol. The molecule has 0 fully saturated rings. The number of fused-ring (bicyclic) bond motifs is 3. The van der Waals surface area contributed by atoms with Gasteiger partial charge in [0.1, 0.15) is 10.1 Å². The summed E-state index contributed by atoms with van der Waals surface area (Å²) in [6.45, 7) is 6.79. The number of aryl methyl sites for hydroxylation is 2. The van der Waals surface area contributed by atoms with E-state index in [0.717, 1.165) is 43.0 Å². The van der Waals surface area contributed by atoms with E-state index < -0.39 is 5.25 Å². The van der Waals surface area contributed by atoms with Crippen molar-refractivity contribution in [2.75, 3.05) is 0 Å². The van der Waals surface area contributed by atoms with E-state index in [1.54, 1.807) is 17.4 Å². The van der Waals surface area contributed by atoms with E-state index in [0.29, 0.717) is 21.9 Å². The van der Waals surface area contributed by atoms with Gasteiger partial charge < -0.3 is 0 Å². The Morgan fingerprint density at radius 1 is 1.32 bits per heavy atom. The zero-order chi connectivity index (χ0) is 18.1. The third-order valence-corrected chi connectivity index (χ3v) is 6.92. The molecule has 2 heterocycles. The summed E-state index contributed by atoms with van der Waals surface area (Å²) < 4.78 is 1.53. The van der Waals surface area contributed by atoms with Gasteiger partial charge in [0.05, 0.1) is 5.39 Å². The normalized spacial score (nSPS) is 13.9. The van der Waals surface area contributed by atoms with Crippen LogP contribution in [0.1, 0.15) is 37.1 Å². The number of hydrogen-bond donors (Lipinski definition) is 0. The van der Waals surface area contributed by atoms with Crippen LogP contribution in [-0.4, -0.2) is 26.4 Å². The van der Waals surface area contributed by atoms with Crippen molar-refractivity contribution in [3.63, 3.8) is 0 Å². The van der Waals surface area contributed by atoms with Gasteiger partial charge in [0.25, 0.3) is 5.56 Å². The first-order valence-corrected chi connectivity index (χ1v) is 9.97. The Morgan fingerprint density at radius 2 is 2.00 bits per heavy atom. The van der Waals surface area contributed by atoms with Crippen molar-refractivity contribution in [1.82, 2.24) is 9.55 Å². The second kappa shape index (κ2) is 7.25. The molecule has 2 aromatic rings. The van der Waals surface area contributed by atoms with E-state index >= 15 is 0 Å². The highest BCUT2D eigenvalue weighted by molar-refractivity contribution is 8.01. The molecule has 0 bridgehead atoms. The Bertz CT molecular complexity index is 913. The molecule has 7 heteroatoms. The summed E-state index contributed by atoms with van der Waals surface area (Å²) in [4.78, 5) is 43.3. The van der Waals surface area contributed by atoms with Gasteiger partial charge in [0, 0.05) is 11.4 Å². The average Bonchev–Trinajstić information content (AvgIpc) is 2.93. The topological polar surface area (TPSA) is 69.0 Å². The third kappa shape index (κ3) is 3.35. The van der Waals surface area contributed by atoms with Crippen LogP contribution in [0.3, 0.4) is 0 Å². The Hall–Kier alpha value is -1.73. The number of aromatic nitrogens is 2. The maximum Gasteiger partial charge on any atom is 0.263 e. The van der Waals surface area contributed by atoms with Crippen LogP contribution in [0.25, 0.3) is 10.2 Å². The minimum atomic E-state index is -0.838. The Morgan fingerprint density at radius 3 is 2.64 bits per heavy atom. The van der Waals surface area contributed by atoms with Crippen molar-refractivity contribution in [1.29, 1.82) is 0 Å². The molecule has 0 aromatic carbocycles. The highest BCUT2D eigenvalue weighted by Gasteiger charge is 2.26. The zero-order valence-electron chi connectivity index (χ0n) is 14.3. The molecule has 5 nitrogen and oxygen atoms in total. The fraction of sp³-hybridized carbons (Fsp3) is 0.444. The van der Waals surface area contributed by atoms with Gasteiger partial charge in [-0.2, -0.15) is 0 Å². The van der Waals surface area contributed by atoms with Crippen molar-refractivity contribution in [2.24, 2.45) is 0 Å².